The first kappa shape index (κ1) is 35.3. The summed E-state index contributed by atoms with van der Waals surface area (Å²) in [6, 6.07) is 0. The zero-order valence-electron chi connectivity index (χ0n) is 14.8. The molecule has 0 saturated carbocycles. The molecule has 0 aliphatic carbocycles. The van der Waals surface area contributed by atoms with Crippen LogP contribution in [-0.4, -0.2) is 37.0 Å². The van der Waals surface area contributed by atoms with E-state index in [-0.39, 0.29) is 36.9 Å². The Morgan fingerprint density at radius 2 is 0.565 bits per heavy atom. The smallest absolute Gasteiger partial charge is 0.385 e. The van der Waals surface area contributed by atoms with Crippen LogP contribution in [0.25, 0.3) is 0 Å². The zero-order valence-corrected chi connectivity index (χ0v) is 19.1. The molecular formula is C14H32F6P2Pt+2. The topological polar surface area (TPSA) is 0 Å². The largest absolute Gasteiger partial charge is 2.00 e. The molecule has 0 aliphatic heterocycles. The Bertz CT molecular complexity index is 137. The van der Waals surface area contributed by atoms with Crippen molar-refractivity contribution in [1.29, 1.82) is 0 Å². The Morgan fingerprint density at radius 1 is 0.478 bits per heavy atom. The van der Waals surface area contributed by atoms with Gasteiger partial charge in [0.05, 0.1) is 37.0 Å². The maximum absolute atomic E-state index is 9.58. The molecule has 9 heteroatoms. The van der Waals surface area contributed by atoms with E-state index in [0.717, 1.165) is 0 Å². The van der Waals surface area contributed by atoms with Gasteiger partial charge in [0.1, 0.15) is 0 Å². The fourth-order valence-electron chi connectivity index (χ4n) is 1.50. The number of rotatable bonds is 6. The minimum Gasteiger partial charge on any atom is -0.385 e. The third kappa shape index (κ3) is 59.9. The monoisotopic (exact) mass is 571 g/mol. The summed E-state index contributed by atoms with van der Waals surface area (Å²) in [7, 11) is 0.275. The van der Waals surface area contributed by atoms with Crippen LogP contribution in [-0.2, 0) is 21.1 Å². The first-order chi connectivity index (χ1) is 10.2. The second-order valence-corrected chi connectivity index (χ2v) is 11.3. The molecular weight excluding hydrogens is 539 g/mol. The van der Waals surface area contributed by atoms with E-state index in [0.29, 0.717) is 0 Å². The molecule has 0 fully saturated rings. The van der Waals surface area contributed by atoms with Crippen LogP contribution >= 0.6 is 15.8 Å². The van der Waals surface area contributed by atoms with Gasteiger partial charge in [-0.15, -0.1) is 0 Å². The van der Waals surface area contributed by atoms with Crippen LogP contribution < -0.4 is 0 Å². The number of hydrogen-bond donors (Lipinski definition) is 0. The zero-order chi connectivity index (χ0) is 18.6. The van der Waals surface area contributed by atoms with Crippen LogP contribution in [0, 0.1) is 13.4 Å². The van der Waals surface area contributed by atoms with E-state index in [2.05, 4.69) is 41.5 Å². The minimum atomic E-state index is -3.08. The summed E-state index contributed by atoms with van der Waals surface area (Å²) in [4.78, 5) is 0. The van der Waals surface area contributed by atoms with Crippen molar-refractivity contribution in [3.8, 4) is 0 Å². The minimum absolute atomic E-state index is 0. The molecule has 0 bridgehead atoms. The summed E-state index contributed by atoms with van der Waals surface area (Å²) < 4.78 is 57.5. The van der Waals surface area contributed by atoms with Gasteiger partial charge in [0, 0.05) is 0 Å². The van der Waals surface area contributed by atoms with Crippen molar-refractivity contribution in [2.45, 2.75) is 41.5 Å². The summed E-state index contributed by atoms with van der Waals surface area (Å²) in [6.07, 6.45) is 8.74. The van der Waals surface area contributed by atoms with Crippen molar-refractivity contribution in [2.24, 2.45) is 0 Å². The van der Waals surface area contributed by atoms with Crippen LogP contribution in [0.4, 0.5) is 26.3 Å². The molecule has 0 spiro atoms. The molecule has 0 heterocycles. The van der Waals surface area contributed by atoms with Gasteiger partial charge in [0.15, 0.2) is 13.4 Å². The molecule has 0 rings (SSSR count). The third-order valence-electron chi connectivity index (χ3n) is 3.00. The van der Waals surface area contributed by atoms with E-state index < -0.39 is 13.4 Å². The van der Waals surface area contributed by atoms with Gasteiger partial charge in [-0.05, 0) is 57.4 Å². The molecule has 0 nitrogen and oxygen atoms in total. The molecule has 0 amide bonds. The predicted octanol–water partition coefficient (Wildman–Crippen LogP) is 7.20. The number of hydrogen-bond acceptors (Lipinski definition) is 0. The molecule has 0 radical (unpaired) electrons. The molecule has 0 saturated heterocycles. The van der Waals surface area contributed by atoms with Crippen molar-refractivity contribution >= 4 is 15.8 Å². The van der Waals surface area contributed by atoms with Crippen LogP contribution in [0.5, 0.6) is 0 Å². The molecule has 0 aliphatic rings. The van der Waals surface area contributed by atoms with Crippen LogP contribution in [0.1, 0.15) is 41.5 Å². The van der Waals surface area contributed by atoms with E-state index in [4.69, 9.17) is 0 Å². The van der Waals surface area contributed by atoms with Crippen LogP contribution in [0.15, 0.2) is 0 Å². The van der Waals surface area contributed by atoms with Gasteiger partial charge < -0.3 is 26.3 Å². The van der Waals surface area contributed by atoms with E-state index in [1.54, 1.807) is 0 Å². The molecule has 148 valence electrons. The Morgan fingerprint density at radius 3 is 0.565 bits per heavy atom. The molecule has 23 heavy (non-hydrogen) atoms. The molecule has 0 N–H and O–H groups in total. The van der Waals surface area contributed by atoms with Gasteiger partial charge in [-0.3, -0.25) is 0 Å². The van der Waals surface area contributed by atoms with Crippen LogP contribution in [0.2, 0.25) is 0 Å². The molecule has 0 aromatic carbocycles. The first-order valence-electron chi connectivity index (χ1n) is 7.50. The van der Waals surface area contributed by atoms with Crippen molar-refractivity contribution < 1.29 is 47.4 Å². The average Bonchev–Trinajstić information content (AvgIpc) is 2.42. The van der Waals surface area contributed by atoms with Crippen LogP contribution in [0.3, 0.4) is 0 Å². The van der Waals surface area contributed by atoms with Crippen molar-refractivity contribution in [1.82, 2.24) is 0 Å². The maximum atomic E-state index is 9.58. The maximum Gasteiger partial charge on any atom is 2.00 e. The Balaban J connectivity index is -0.0000000639. The second kappa shape index (κ2) is 31.0. The summed E-state index contributed by atoms with van der Waals surface area (Å²) in [5.41, 5.74) is 0. The van der Waals surface area contributed by atoms with E-state index >= 15 is 0 Å². The fourth-order valence-corrected chi connectivity index (χ4v) is 4.50. The predicted molar refractivity (Wildman–Crippen MR) is 93.0 cm³/mol. The van der Waals surface area contributed by atoms with Gasteiger partial charge in [-0.25, -0.2) is 0 Å². The van der Waals surface area contributed by atoms with Gasteiger partial charge in [0.25, 0.3) is 0 Å². The van der Waals surface area contributed by atoms with E-state index in [1.165, 1.54) is 37.0 Å². The van der Waals surface area contributed by atoms with Crippen molar-refractivity contribution in [3.05, 3.63) is 13.4 Å². The van der Waals surface area contributed by atoms with Gasteiger partial charge in [0.2, 0.25) is 0 Å². The van der Waals surface area contributed by atoms with Crippen molar-refractivity contribution in [2.75, 3.05) is 37.0 Å². The van der Waals surface area contributed by atoms with Gasteiger partial charge in [-0.2, -0.15) is 0 Å². The third-order valence-corrected chi connectivity index (χ3v) is 9.00. The van der Waals surface area contributed by atoms with Gasteiger partial charge >= 0.3 is 21.1 Å². The van der Waals surface area contributed by atoms with E-state index in [9.17, 15) is 26.3 Å². The average molecular weight is 571 g/mol. The summed E-state index contributed by atoms with van der Waals surface area (Å²) in [5, 5.41) is 0. The Hall–Kier alpha value is 1.13. The van der Waals surface area contributed by atoms with Crippen molar-refractivity contribution in [3.63, 3.8) is 0 Å². The normalized spacial score (nSPS) is 9.39. The quantitative estimate of drug-likeness (QED) is 0.180. The summed E-state index contributed by atoms with van der Waals surface area (Å²) >= 11 is 0. The standard InChI is InChI=1S/2C6H15P.2CF3.Pt/c2*1-4-7(5-2)6-3;2*2-1(3)4;/h2*4-6H2,1-3H3;;;/q;;2*-1;+2/p+2. The summed E-state index contributed by atoms with van der Waals surface area (Å²) in [6.45, 7) is 7.67. The summed E-state index contributed by atoms with van der Waals surface area (Å²) in [5.74, 6) is 0. The first-order valence-corrected chi connectivity index (χ1v) is 11.7. The SMILES string of the molecule is CC[PH+](CC)CC.CC[PH+](CC)CC.F[C-](F)F.F[C-](F)F.[Pt+2]. The Labute approximate surface area is 155 Å². The molecule has 0 aromatic heterocycles. The number of halogens is 6. The molecule has 0 unspecified atom stereocenters. The second-order valence-electron chi connectivity index (χ2n) is 4.05. The Kier molecular flexibility index (Phi) is 47.5. The molecule has 0 atom stereocenters. The molecule has 0 aromatic rings. The van der Waals surface area contributed by atoms with Gasteiger partial charge in [-0.1, -0.05) is 0 Å². The fraction of sp³-hybridized carbons (Fsp3) is 0.857. The van der Waals surface area contributed by atoms with E-state index in [1.807, 2.05) is 0 Å².